The molecule has 2 aromatic rings. The first kappa shape index (κ1) is 16.7. The van der Waals surface area contributed by atoms with Gasteiger partial charge in [0.25, 0.3) is 0 Å². The molecule has 1 unspecified atom stereocenters. The van der Waals surface area contributed by atoms with Gasteiger partial charge in [0.15, 0.2) is 0 Å². The number of carbonyl (C=O) groups excluding carboxylic acids is 1. The number of rotatable bonds is 6. The maximum Gasteiger partial charge on any atom is 0.244 e. The van der Waals surface area contributed by atoms with Crippen molar-refractivity contribution in [3.63, 3.8) is 0 Å². The number of hydrogen-bond donors (Lipinski definition) is 1. The summed E-state index contributed by atoms with van der Waals surface area (Å²) in [4.78, 5) is 18.7. The third kappa shape index (κ3) is 4.43. The molecule has 5 heteroatoms. The lowest BCUT2D eigenvalue weighted by molar-refractivity contribution is -0.132. The topological polar surface area (TPSA) is 45.2 Å². The van der Waals surface area contributed by atoms with Crippen molar-refractivity contribution >= 4 is 17.5 Å². The minimum atomic E-state index is -0.225. The van der Waals surface area contributed by atoms with Crippen LogP contribution in [-0.2, 0) is 17.8 Å². The van der Waals surface area contributed by atoms with Crippen molar-refractivity contribution in [2.45, 2.75) is 19.0 Å². The highest BCUT2D eigenvalue weighted by atomic mass is 35.5. The number of aromatic nitrogens is 1. The fourth-order valence-electron chi connectivity index (χ4n) is 2.72. The highest BCUT2D eigenvalue weighted by Crippen LogP contribution is 2.13. The Morgan fingerprint density at radius 2 is 1.92 bits per heavy atom. The predicted octanol–water partition coefficient (Wildman–Crippen LogP) is 2.83. The van der Waals surface area contributed by atoms with Gasteiger partial charge in [-0.05, 0) is 41.8 Å². The largest absolute Gasteiger partial charge is 0.336 e. The van der Waals surface area contributed by atoms with E-state index >= 15 is 0 Å². The molecule has 3 rings (SSSR count). The minimum absolute atomic E-state index is 0.106. The van der Waals surface area contributed by atoms with Gasteiger partial charge in [-0.25, -0.2) is 0 Å². The Morgan fingerprint density at radius 1 is 1.17 bits per heavy atom. The molecule has 1 aromatic carbocycles. The number of amides is 1. The van der Waals surface area contributed by atoms with Gasteiger partial charge in [-0.3, -0.25) is 15.1 Å². The number of nitrogens with zero attached hydrogens (tertiary/aromatic N) is 2. The van der Waals surface area contributed by atoms with Crippen molar-refractivity contribution in [3.05, 3.63) is 77.1 Å². The molecule has 24 heavy (non-hydrogen) atoms. The summed E-state index contributed by atoms with van der Waals surface area (Å²) in [6.45, 7) is 1.99. The number of halogens is 1. The van der Waals surface area contributed by atoms with Gasteiger partial charge in [-0.2, -0.15) is 0 Å². The number of nitrogens with one attached hydrogen (secondary N) is 1. The molecule has 0 bridgehead atoms. The van der Waals surface area contributed by atoms with E-state index in [0.717, 1.165) is 23.6 Å². The van der Waals surface area contributed by atoms with Crippen LogP contribution in [0.1, 0.15) is 11.1 Å². The zero-order valence-corrected chi connectivity index (χ0v) is 14.1. The molecule has 1 atom stereocenters. The summed E-state index contributed by atoms with van der Waals surface area (Å²) in [5, 5.41) is 3.92. The molecule has 1 N–H and O–H groups in total. The quantitative estimate of drug-likeness (QED) is 0.822. The third-order valence-electron chi connectivity index (χ3n) is 4.07. The third-order valence-corrected chi connectivity index (χ3v) is 4.32. The minimum Gasteiger partial charge on any atom is -0.336 e. The van der Waals surface area contributed by atoms with Gasteiger partial charge in [0, 0.05) is 37.1 Å². The highest BCUT2D eigenvalue weighted by Gasteiger charge is 2.23. The molecule has 4 nitrogen and oxygen atoms in total. The molecule has 0 aliphatic carbocycles. The number of hydrogen-bond acceptors (Lipinski definition) is 3. The summed E-state index contributed by atoms with van der Waals surface area (Å²) in [7, 11) is 0. The molecule has 0 fully saturated rings. The standard InChI is InChI=1S/C19H20ClN3O/c20-17-5-3-15(4-6-17)9-13-23(14-16-7-11-21-12-8-16)19(24)18-2-1-10-22-18/h1-8,11-12,18,22H,9-10,13-14H2. The van der Waals surface area contributed by atoms with E-state index < -0.39 is 0 Å². The summed E-state index contributed by atoms with van der Waals surface area (Å²) >= 11 is 5.93. The molecule has 0 spiro atoms. The van der Waals surface area contributed by atoms with E-state index in [1.807, 2.05) is 53.5 Å². The van der Waals surface area contributed by atoms with Crippen molar-refractivity contribution in [1.82, 2.24) is 15.2 Å². The number of pyridine rings is 1. The molecule has 1 amide bonds. The van der Waals surface area contributed by atoms with Crippen LogP contribution in [-0.4, -0.2) is 34.9 Å². The van der Waals surface area contributed by atoms with E-state index in [0.29, 0.717) is 13.1 Å². The monoisotopic (exact) mass is 341 g/mol. The molecular formula is C19H20ClN3O. The van der Waals surface area contributed by atoms with Gasteiger partial charge >= 0.3 is 0 Å². The molecule has 2 heterocycles. The lowest BCUT2D eigenvalue weighted by Gasteiger charge is -2.25. The second-order valence-electron chi connectivity index (χ2n) is 5.81. The molecule has 1 aliphatic heterocycles. The summed E-state index contributed by atoms with van der Waals surface area (Å²) < 4.78 is 0. The first-order valence-electron chi connectivity index (χ1n) is 8.04. The van der Waals surface area contributed by atoms with Crippen LogP contribution in [0.25, 0.3) is 0 Å². The van der Waals surface area contributed by atoms with E-state index in [2.05, 4.69) is 10.3 Å². The fraction of sp³-hybridized carbons (Fsp3) is 0.263. The smallest absolute Gasteiger partial charge is 0.244 e. The van der Waals surface area contributed by atoms with Crippen molar-refractivity contribution < 1.29 is 4.79 Å². The van der Waals surface area contributed by atoms with E-state index in [9.17, 15) is 4.79 Å². The molecule has 1 aromatic heterocycles. The Balaban J connectivity index is 1.69. The maximum atomic E-state index is 12.8. The number of carbonyl (C=O) groups is 1. The van der Waals surface area contributed by atoms with Crippen LogP contribution < -0.4 is 5.32 Å². The van der Waals surface area contributed by atoms with E-state index in [1.165, 1.54) is 5.56 Å². The Bertz CT molecular complexity index is 700. The Labute approximate surface area is 147 Å². The normalized spacial score (nSPS) is 16.3. The fourth-order valence-corrected chi connectivity index (χ4v) is 2.85. The lowest BCUT2D eigenvalue weighted by Crippen LogP contribution is -2.44. The van der Waals surface area contributed by atoms with E-state index in [1.54, 1.807) is 12.4 Å². The van der Waals surface area contributed by atoms with Gasteiger partial charge in [-0.15, -0.1) is 0 Å². The first-order valence-corrected chi connectivity index (χ1v) is 8.42. The van der Waals surface area contributed by atoms with Gasteiger partial charge in [0.2, 0.25) is 5.91 Å². The molecular weight excluding hydrogens is 322 g/mol. The van der Waals surface area contributed by atoms with Crippen molar-refractivity contribution in [1.29, 1.82) is 0 Å². The van der Waals surface area contributed by atoms with Crippen LogP contribution in [0.5, 0.6) is 0 Å². The molecule has 0 radical (unpaired) electrons. The molecule has 0 saturated carbocycles. The van der Waals surface area contributed by atoms with Crippen LogP contribution >= 0.6 is 11.6 Å². The van der Waals surface area contributed by atoms with Crippen molar-refractivity contribution in [2.24, 2.45) is 0 Å². The molecule has 124 valence electrons. The van der Waals surface area contributed by atoms with Gasteiger partial charge in [0.05, 0.1) is 0 Å². The van der Waals surface area contributed by atoms with Crippen LogP contribution in [0.15, 0.2) is 60.9 Å². The number of benzene rings is 1. The predicted molar refractivity (Wildman–Crippen MR) is 95.7 cm³/mol. The zero-order chi connectivity index (χ0) is 16.8. The molecule has 1 aliphatic rings. The Kier molecular flexibility index (Phi) is 5.62. The SMILES string of the molecule is O=C(C1C=CCN1)N(CCc1ccc(Cl)cc1)Cc1ccncc1. The summed E-state index contributed by atoms with van der Waals surface area (Å²) in [5.41, 5.74) is 2.25. The summed E-state index contributed by atoms with van der Waals surface area (Å²) in [6.07, 6.45) is 8.23. The van der Waals surface area contributed by atoms with Crippen LogP contribution in [0.3, 0.4) is 0 Å². The highest BCUT2D eigenvalue weighted by molar-refractivity contribution is 6.30. The second kappa shape index (κ2) is 8.08. The Morgan fingerprint density at radius 3 is 2.58 bits per heavy atom. The van der Waals surface area contributed by atoms with E-state index in [-0.39, 0.29) is 11.9 Å². The average molecular weight is 342 g/mol. The van der Waals surface area contributed by atoms with E-state index in [4.69, 9.17) is 11.6 Å². The Hall–Kier alpha value is -2.17. The van der Waals surface area contributed by atoms with Gasteiger partial charge in [0.1, 0.15) is 6.04 Å². The van der Waals surface area contributed by atoms with Crippen LogP contribution in [0.2, 0.25) is 5.02 Å². The maximum absolute atomic E-state index is 12.8. The van der Waals surface area contributed by atoms with Crippen LogP contribution in [0, 0.1) is 0 Å². The molecule has 0 saturated heterocycles. The van der Waals surface area contributed by atoms with Crippen molar-refractivity contribution in [3.8, 4) is 0 Å². The van der Waals surface area contributed by atoms with Gasteiger partial charge in [-0.1, -0.05) is 35.9 Å². The zero-order valence-electron chi connectivity index (χ0n) is 13.4. The first-order chi connectivity index (χ1) is 11.7. The van der Waals surface area contributed by atoms with Crippen LogP contribution in [0.4, 0.5) is 0 Å². The van der Waals surface area contributed by atoms with Gasteiger partial charge < -0.3 is 4.90 Å². The average Bonchev–Trinajstić information content (AvgIpc) is 3.15. The second-order valence-corrected chi connectivity index (χ2v) is 6.24. The van der Waals surface area contributed by atoms with Crippen molar-refractivity contribution in [2.75, 3.05) is 13.1 Å². The summed E-state index contributed by atoms with van der Waals surface area (Å²) in [6, 6.07) is 11.4. The lowest BCUT2D eigenvalue weighted by atomic mass is 10.1. The summed E-state index contributed by atoms with van der Waals surface area (Å²) in [5.74, 6) is 0.106.